The molecule has 0 aliphatic carbocycles. The summed E-state index contributed by atoms with van der Waals surface area (Å²) in [6.07, 6.45) is 1.24. The molecule has 2 aromatic rings. The molecule has 0 saturated carbocycles. The van der Waals surface area contributed by atoms with Crippen molar-refractivity contribution in [2.75, 3.05) is 6.54 Å². The van der Waals surface area contributed by atoms with Gasteiger partial charge < -0.3 is 10.1 Å². The number of nitrogens with one attached hydrogen (secondary N) is 1. The maximum atomic E-state index is 5.93. The van der Waals surface area contributed by atoms with Crippen molar-refractivity contribution in [3.8, 4) is 5.75 Å². The van der Waals surface area contributed by atoms with Gasteiger partial charge in [0.15, 0.2) is 0 Å². The molecule has 1 aromatic heterocycles. The number of rotatable bonds is 4. The van der Waals surface area contributed by atoms with Gasteiger partial charge in [0.1, 0.15) is 11.9 Å². The molecule has 2 heterocycles. The van der Waals surface area contributed by atoms with Crippen molar-refractivity contribution in [1.29, 1.82) is 0 Å². The van der Waals surface area contributed by atoms with E-state index in [4.69, 9.17) is 4.74 Å². The zero-order valence-electron chi connectivity index (χ0n) is 10.8. The van der Waals surface area contributed by atoms with Crippen LogP contribution in [0.25, 0.3) is 0 Å². The first-order valence-electron chi connectivity index (χ1n) is 6.40. The van der Waals surface area contributed by atoms with Gasteiger partial charge in [-0.15, -0.1) is 0 Å². The van der Waals surface area contributed by atoms with Crippen LogP contribution in [0.5, 0.6) is 5.75 Å². The quantitative estimate of drug-likeness (QED) is 0.913. The summed E-state index contributed by atoms with van der Waals surface area (Å²) in [5.41, 5.74) is 4.06. The van der Waals surface area contributed by atoms with E-state index in [-0.39, 0.29) is 6.10 Å². The second-order valence-corrected chi connectivity index (χ2v) is 6.57. The molecule has 1 aliphatic heterocycles. The zero-order chi connectivity index (χ0) is 13.2. The van der Waals surface area contributed by atoms with E-state index in [9.17, 15) is 0 Å². The van der Waals surface area contributed by atoms with E-state index in [0.717, 1.165) is 29.7 Å². The Morgan fingerprint density at radius 2 is 2.32 bits per heavy atom. The number of fused-ring (bicyclic) bond motifs is 1. The van der Waals surface area contributed by atoms with Crippen LogP contribution in [0, 0.1) is 6.92 Å². The zero-order valence-corrected chi connectivity index (χ0v) is 13.2. The van der Waals surface area contributed by atoms with Crippen LogP contribution in [-0.2, 0) is 13.0 Å². The fraction of sp³-hybridized carbons (Fsp3) is 0.333. The molecule has 1 unspecified atom stereocenters. The monoisotopic (exact) mass is 337 g/mol. The smallest absolute Gasteiger partial charge is 0.123 e. The molecule has 0 bridgehead atoms. The molecule has 4 heteroatoms. The minimum atomic E-state index is 0.253. The lowest BCUT2D eigenvalue weighted by Gasteiger charge is -2.11. The van der Waals surface area contributed by atoms with E-state index in [1.807, 2.05) is 12.1 Å². The normalized spacial score (nSPS) is 17.3. The molecule has 0 radical (unpaired) electrons. The molecule has 1 aliphatic rings. The Morgan fingerprint density at radius 3 is 3.11 bits per heavy atom. The minimum Gasteiger partial charge on any atom is -0.488 e. The van der Waals surface area contributed by atoms with Crippen LogP contribution in [0.1, 0.15) is 16.7 Å². The molecule has 3 rings (SSSR count). The molecule has 1 N–H and O–H groups in total. The molecule has 1 aromatic carbocycles. The number of hydrogen-bond acceptors (Lipinski definition) is 3. The molecule has 19 heavy (non-hydrogen) atoms. The first-order valence-corrected chi connectivity index (χ1v) is 8.13. The van der Waals surface area contributed by atoms with Gasteiger partial charge in [-0.3, -0.25) is 0 Å². The van der Waals surface area contributed by atoms with Gasteiger partial charge >= 0.3 is 0 Å². The maximum Gasteiger partial charge on any atom is 0.123 e. The average Bonchev–Trinajstić information content (AvgIpc) is 2.95. The van der Waals surface area contributed by atoms with Crippen LogP contribution in [0.4, 0.5) is 0 Å². The molecule has 0 saturated heterocycles. The number of hydrogen-bond donors (Lipinski definition) is 1. The topological polar surface area (TPSA) is 21.3 Å². The molecule has 0 fully saturated rings. The minimum absolute atomic E-state index is 0.253. The van der Waals surface area contributed by atoms with Crippen LogP contribution in [-0.4, -0.2) is 12.6 Å². The lowest BCUT2D eigenvalue weighted by Crippen LogP contribution is -2.29. The van der Waals surface area contributed by atoms with E-state index in [0.29, 0.717) is 0 Å². The van der Waals surface area contributed by atoms with Crippen molar-refractivity contribution in [3.63, 3.8) is 0 Å². The van der Waals surface area contributed by atoms with E-state index >= 15 is 0 Å². The van der Waals surface area contributed by atoms with Crippen molar-refractivity contribution < 1.29 is 4.74 Å². The molecule has 0 spiro atoms. The van der Waals surface area contributed by atoms with Crippen LogP contribution in [0.3, 0.4) is 0 Å². The summed E-state index contributed by atoms with van der Waals surface area (Å²) >= 11 is 5.27. The maximum absolute atomic E-state index is 5.93. The Hall–Kier alpha value is -0.840. The van der Waals surface area contributed by atoms with Crippen molar-refractivity contribution in [2.45, 2.75) is 26.0 Å². The van der Waals surface area contributed by atoms with E-state index < -0.39 is 0 Å². The number of aryl methyl sites for hydroxylation is 1. The van der Waals surface area contributed by atoms with Gasteiger partial charge in [0.25, 0.3) is 0 Å². The van der Waals surface area contributed by atoms with Crippen LogP contribution in [0.15, 0.2) is 33.4 Å². The third-order valence-corrected chi connectivity index (χ3v) is 4.82. The predicted octanol–water partition coefficient (Wildman–Crippen LogP) is 3.91. The van der Waals surface area contributed by atoms with Crippen molar-refractivity contribution >= 4 is 27.3 Å². The Labute approximate surface area is 125 Å². The summed E-state index contributed by atoms with van der Waals surface area (Å²) in [4.78, 5) is 0. The van der Waals surface area contributed by atoms with Gasteiger partial charge in [-0.2, -0.15) is 11.3 Å². The van der Waals surface area contributed by atoms with Gasteiger partial charge in [0, 0.05) is 24.0 Å². The molecule has 2 nitrogen and oxygen atoms in total. The van der Waals surface area contributed by atoms with E-state index in [1.54, 1.807) is 11.3 Å². The standard InChI is InChI=1S/C15H16BrNOS/c1-10-8-19-9-12(10)6-17-7-14-5-11-4-13(16)2-3-15(11)18-14/h2-4,8-9,14,17H,5-7H2,1H3. The lowest BCUT2D eigenvalue weighted by molar-refractivity contribution is 0.227. The number of thiophene rings is 1. The summed E-state index contributed by atoms with van der Waals surface area (Å²) in [6.45, 7) is 3.98. The molecular formula is C15H16BrNOS. The summed E-state index contributed by atoms with van der Waals surface area (Å²) in [5, 5.41) is 7.89. The second kappa shape index (κ2) is 5.65. The third kappa shape index (κ3) is 3.02. The van der Waals surface area contributed by atoms with Crippen molar-refractivity contribution in [2.24, 2.45) is 0 Å². The Balaban J connectivity index is 1.52. The van der Waals surface area contributed by atoms with Crippen LogP contribution >= 0.6 is 27.3 Å². The highest BCUT2D eigenvalue weighted by molar-refractivity contribution is 9.10. The van der Waals surface area contributed by atoms with Gasteiger partial charge in [0.2, 0.25) is 0 Å². The number of halogens is 1. The van der Waals surface area contributed by atoms with Crippen LogP contribution in [0.2, 0.25) is 0 Å². The third-order valence-electron chi connectivity index (χ3n) is 3.41. The molecular weight excluding hydrogens is 322 g/mol. The highest BCUT2D eigenvalue weighted by Crippen LogP contribution is 2.30. The van der Waals surface area contributed by atoms with Gasteiger partial charge in [0.05, 0.1) is 0 Å². The number of benzene rings is 1. The Kier molecular flexibility index (Phi) is 3.91. The lowest BCUT2D eigenvalue weighted by atomic mass is 10.1. The highest BCUT2D eigenvalue weighted by atomic mass is 79.9. The largest absolute Gasteiger partial charge is 0.488 e. The highest BCUT2D eigenvalue weighted by Gasteiger charge is 2.22. The molecule has 100 valence electrons. The molecule has 1 atom stereocenters. The summed E-state index contributed by atoms with van der Waals surface area (Å²) < 4.78 is 7.05. The van der Waals surface area contributed by atoms with E-state index in [1.165, 1.54) is 16.7 Å². The Morgan fingerprint density at radius 1 is 1.42 bits per heavy atom. The van der Waals surface area contributed by atoms with Gasteiger partial charge in [-0.1, -0.05) is 15.9 Å². The number of ether oxygens (including phenoxy) is 1. The average molecular weight is 338 g/mol. The van der Waals surface area contributed by atoms with E-state index in [2.05, 4.69) is 45.0 Å². The Bertz CT molecular complexity index is 581. The van der Waals surface area contributed by atoms with Crippen molar-refractivity contribution in [3.05, 3.63) is 50.1 Å². The summed E-state index contributed by atoms with van der Waals surface area (Å²) in [5.74, 6) is 1.03. The fourth-order valence-electron chi connectivity index (χ4n) is 2.34. The predicted molar refractivity (Wildman–Crippen MR) is 83.0 cm³/mol. The van der Waals surface area contributed by atoms with Crippen molar-refractivity contribution in [1.82, 2.24) is 5.32 Å². The molecule has 0 amide bonds. The van der Waals surface area contributed by atoms with Crippen LogP contribution < -0.4 is 10.1 Å². The summed E-state index contributed by atoms with van der Waals surface area (Å²) in [7, 11) is 0. The first-order chi connectivity index (χ1) is 9.22. The second-order valence-electron chi connectivity index (χ2n) is 4.91. The SMILES string of the molecule is Cc1cscc1CNCC1Cc2cc(Br)ccc2O1. The summed E-state index contributed by atoms with van der Waals surface area (Å²) in [6, 6.07) is 6.23. The first kappa shape index (κ1) is 13.2. The van der Waals surface area contributed by atoms with Gasteiger partial charge in [-0.05, 0) is 52.6 Å². The fourth-order valence-corrected chi connectivity index (χ4v) is 3.60. The van der Waals surface area contributed by atoms with Gasteiger partial charge in [-0.25, -0.2) is 0 Å².